The molecule has 1 aromatic carbocycles. The third-order valence-electron chi connectivity index (χ3n) is 2.40. The van der Waals surface area contributed by atoms with Gasteiger partial charge in [0.15, 0.2) is 5.82 Å². The van der Waals surface area contributed by atoms with Crippen LogP contribution in [-0.2, 0) is 0 Å². The van der Waals surface area contributed by atoms with Crippen molar-refractivity contribution in [1.82, 2.24) is 15.4 Å². The molecule has 0 saturated heterocycles. The number of amides is 1. The van der Waals surface area contributed by atoms with Crippen LogP contribution in [0.5, 0.6) is 0 Å². The molecule has 1 aliphatic heterocycles. The minimum absolute atomic E-state index is 0. The van der Waals surface area contributed by atoms with Crippen molar-refractivity contribution in [3.05, 3.63) is 26.9 Å². The number of nitrogens with one attached hydrogen (secondary N) is 2. The lowest BCUT2D eigenvalue weighted by Crippen LogP contribution is -2.24. The van der Waals surface area contributed by atoms with Gasteiger partial charge in [-0.3, -0.25) is 4.79 Å². The molecular formula is C10H7Br2ClN4OS. The quantitative estimate of drug-likeness (QED) is 0.731. The molecule has 2 N–H and O–H groups in total. The van der Waals surface area contributed by atoms with Crippen LogP contribution in [0.4, 0.5) is 4.79 Å². The Hall–Kier alpha value is -0.570. The normalized spacial score (nSPS) is 14.8. The summed E-state index contributed by atoms with van der Waals surface area (Å²) in [6.45, 7) is 0. The second-order valence-electron chi connectivity index (χ2n) is 3.62. The number of imidazole rings is 1. The standard InChI is InChI=1S/C10H6Br2N4OS.ClH/c11-4-1-5(12)8-6(2-4)13-9(14-8)7-3-18-10(17)16-15-7;/h1-2H,3H2,(H,13,14)(H,16,17);1H. The van der Waals surface area contributed by atoms with E-state index in [1.807, 2.05) is 12.1 Å². The number of carbonyl (C=O) groups is 1. The van der Waals surface area contributed by atoms with Crippen molar-refractivity contribution in [1.29, 1.82) is 0 Å². The molecular weight excluding hydrogens is 419 g/mol. The zero-order valence-corrected chi connectivity index (χ0v) is 14.0. The van der Waals surface area contributed by atoms with E-state index in [-0.39, 0.29) is 17.6 Å². The third-order valence-corrected chi connectivity index (χ3v) is 4.23. The predicted molar refractivity (Wildman–Crippen MR) is 86.3 cm³/mol. The van der Waals surface area contributed by atoms with E-state index in [2.05, 4.69) is 52.4 Å². The van der Waals surface area contributed by atoms with E-state index in [1.165, 1.54) is 11.8 Å². The first-order valence-corrected chi connectivity index (χ1v) is 7.55. The van der Waals surface area contributed by atoms with E-state index in [0.29, 0.717) is 11.6 Å². The summed E-state index contributed by atoms with van der Waals surface area (Å²) in [6, 6.07) is 3.89. The van der Waals surface area contributed by atoms with Crippen LogP contribution in [0.15, 0.2) is 26.2 Å². The lowest BCUT2D eigenvalue weighted by Gasteiger charge is -2.08. The lowest BCUT2D eigenvalue weighted by molar-refractivity contribution is 0.261. The Morgan fingerprint density at radius 2 is 2.11 bits per heavy atom. The molecule has 0 aliphatic carbocycles. The molecule has 1 amide bonds. The maximum atomic E-state index is 11.0. The average Bonchev–Trinajstić information content (AvgIpc) is 2.74. The number of hydrogen-bond acceptors (Lipinski definition) is 4. The van der Waals surface area contributed by atoms with Crippen LogP contribution in [0, 0.1) is 0 Å². The topological polar surface area (TPSA) is 70.1 Å². The molecule has 0 atom stereocenters. The Balaban J connectivity index is 0.00000133. The van der Waals surface area contributed by atoms with Gasteiger partial charge < -0.3 is 4.98 Å². The highest BCUT2D eigenvalue weighted by Crippen LogP contribution is 2.27. The Bertz CT molecular complexity index is 687. The van der Waals surface area contributed by atoms with E-state index < -0.39 is 0 Å². The van der Waals surface area contributed by atoms with Crippen LogP contribution < -0.4 is 5.43 Å². The van der Waals surface area contributed by atoms with Gasteiger partial charge in [0.25, 0.3) is 5.24 Å². The number of aromatic amines is 1. The van der Waals surface area contributed by atoms with E-state index >= 15 is 0 Å². The molecule has 2 aromatic rings. The number of rotatable bonds is 1. The van der Waals surface area contributed by atoms with Gasteiger partial charge in [-0.15, -0.1) is 12.4 Å². The number of carbonyl (C=O) groups excluding carboxylic acids is 1. The van der Waals surface area contributed by atoms with Crippen LogP contribution in [0.2, 0.25) is 0 Å². The molecule has 0 bridgehead atoms. The molecule has 0 spiro atoms. The van der Waals surface area contributed by atoms with E-state index in [4.69, 9.17) is 0 Å². The summed E-state index contributed by atoms with van der Waals surface area (Å²) in [5.41, 5.74) is 4.92. The van der Waals surface area contributed by atoms with Gasteiger partial charge in [-0.05, 0) is 28.1 Å². The summed E-state index contributed by atoms with van der Waals surface area (Å²) >= 11 is 8.07. The third kappa shape index (κ3) is 2.96. The van der Waals surface area contributed by atoms with Crippen molar-refractivity contribution >= 4 is 78.0 Å². The minimum atomic E-state index is -0.140. The van der Waals surface area contributed by atoms with Gasteiger partial charge in [-0.2, -0.15) is 5.10 Å². The molecule has 1 aliphatic rings. The first-order chi connectivity index (χ1) is 8.63. The maximum Gasteiger partial charge on any atom is 0.299 e. The monoisotopic (exact) mass is 424 g/mol. The van der Waals surface area contributed by atoms with Crippen LogP contribution in [0.1, 0.15) is 5.82 Å². The number of H-pyrrole nitrogens is 1. The molecule has 100 valence electrons. The Kier molecular flexibility index (Phi) is 4.54. The van der Waals surface area contributed by atoms with Crippen molar-refractivity contribution in [2.75, 3.05) is 5.75 Å². The summed E-state index contributed by atoms with van der Waals surface area (Å²) in [6.07, 6.45) is 0. The van der Waals surface area contributed by atoms with Crippen molar-refractivity contribution in [3.8, 4) is 0 Å². The zero-order chi connectivity index (χ0) is 12.7. The summed E-state index contributed by atoms with van der Waals surface area (Å²) in [5.74, 6) is 1.20. The number of fused-ring (bicyclic) bond motifs is 1. The summed E-state index contributed by atoms with van der Waals surface area (Å²) < 4.78 is 1.87. The average molecular weight is 427 g/mol. The highest BCUT2D eigenvalue weighted by atomic mass is 79.9. The zero-order valence-electron chi connectivity index (χ0n) is 9.24. The van der Waals surface area contributed by atoms with Gasteiger partial charge in [0.1, 0.15) is 11.2 Å². The number of nitrogens with zero attached hydrogens (tertiary/aromatic N) is 2. The highest BCUT2D eigenvalue weighted by Gasteiger charge is 2.17. The van der Waals surface area contributed by atoms with Crippen LogP contribution >= 0.6 is 56.0 Å². The Morgan fingerprint density at radius 3 is 2.79 bits per heavy atom. The fourth-order valence-electron chi connectivity index (χ4n) is 1.61. The summed E-state index contributed by atoms with van der Waals surface area (Å²) in [7, 11) is 0. The largest absolute Gasteiger partial charge is 0.337 e. The van der Waals surface area contributed by atoms with Gasteiger partial charge in [-0.1, -0.05) is 27.7 Å². The SMILES string of the molecule is Cl.O=C1NN=C(c2nc3c(Br)cc(Br)cc3[nH]2)CS1. The number of hydrazone groups is 1. The first kappa shape index (κ1) is 14.8. The molecule has 1 aromatic heterocycles. The molecule has 19 heavy (non-hydrogen) atoms. The van der Waals surface area contributed by atoms with Crippen molar-refractivity contribution in [3.63, 3.8) is 0 Å². The van der Waals surface area contributed by atoms with Gasteiger partial charge in [0, 0.05) is 8.95 Å². The number of thioether (sulfide) groups is 1. The second-order valence-corrected chi connectivity index (χ2v) is 6.33. The van der Waals surface area contributed by atoms with E-state index in [9.17, 15) is 4.79 Å². The molecule has 5 nitrogen and oxygen atoms in total. The number of benzene rings is 1. The van der Waals surface area contributed by atoms with Gasteiger partial charge in [-0.25, -0.2) is 10.4 Å². The maximum absolute atomic E-state index is 11.0. The second kappa shape index (κ2) is 5.82. The van der Waals surface area contributed by atoms with Crippen LogP contribution in [0.3, 0.4) is 0 Å². The summed E-state index contributed by atoms with van der Waals surface area (Å²) in [4.78, 5) is 18.7. The molecule has 2 heterocycles. The van der Waals surface area contributed by atoms with Crippen molar-refractivity contribution < 1.29 is 4.79 Å². The van der Waals surface area contributed by atoms with E-state index in [0.717, 1.165) is 25.7 Å². The fraction of sp³-hybridized carbons (Fsp3) is 0.100. The Morgan fingerprint density at radius 1 is 1.32 bits per heavy atom. The molecule has 9 heteroatoms. The molecule has 0 unspecified atom stereocenters. The van der Waals surface area contributed by atoms with Crippen LogP contribution in [0.25, 0.3) is 11.0 Å². The fourth-order valence-corrected chi connectivity index (χ4v) is 3.50. The lowest BCUT2D eigenvalue weighted by atomic mass is 10.3. The van der Waals surface area contributed by atoms with E-state index in [1.54, 1.807) is 0 Å². The first-order valence-electron chi connectivity index (χ1n) is 4.98. The number of aromatic nitrogens is 2. The Labute approximate surface area is 135 Å². The molecule has 0 radical (unpaired) electrons. The smallest absolute Gasteiger partial charge is 0.299 e. The highest BCUT2D eigenvalue weighted by molar-refractivity contribution is 9.11. The number of halogens is 3. The molecule has 0 fully saturated rings. The molecule has 0 saturated carbocycles. The van der Waals surface area contributed by atoms with Crippen molar-refractivity contribution in [2.24, 2.45) is 5.10 Å². The summed E-state index contributed by atoms with van der Waals surface area (Å²) in [5, 5.41) is 3.86. The van der Waals surface area contributed by atoms with Crippen LogP contribution in [-0.4, -0.2) is 26.7 Å². The number of hydrogen-bond donors (Lipinski definition) is 2. The van der Waals surface area contributed by atoms with Gasteiger partial charge >= 0.3 is 0 Å². The van der Waals surface area contributed by atoms with Gasteiger partial charge in [0.05, 0.1) is 11.3 Å². The van der Waals surface area contributed by atoms with Gasteiger partial charge in [0.2, 0.25) is 0 Å². The predicted octanol–water partition coefficient (Wildman–Crippen LogP) is 3.67. The van der Waals surface area contributed by atoms with Crippen molar-refractivity contribution in [2.45, 2.75) is 0 Å². The minimum Gasteiger partial charge on any atom is -0.337 e. The molecule has 3 rings (SSSR count).